The lowest BCUT2D eigenvalue weighted by molar-refractivity contribution is 0.590. The minimum absolute atomic E-state index is 0.0347. The standard InChI is InChI=1S/C14H12OS.C13H8O2/c1-10-6-7-14-12(8-10)9-11-4-2-3-5-13(11)16(14)15;14-13-9-5-1-3-7-11(9)15-12-8-4-2-6-10(12)13/h2-8H,9H2,1H3;1-8H. The van der Waals surface area contributed by atoms with E-state index in [9.17, 15) is 9.35 Å². The van der Waals surface area contributed by atoms with Crippen molar-refractivity contribution >= 4 is 33.1 Å². The topological polar surface area (TPSA) is 53.3 Å². The lowest BCUT2D eigenvalue weighted by Gasteiger charge is -2.21. The zero-order valence-corrected chi connectivity index (χ0v) is 17.8. The summed E-state index contributed by atoms with van der Waals surface area (Å²) in [4.78, 5) is 14.0. The van der Waals surface area contributed by atoms with Gasteiger partial charge in [0.1, 0.15) is 11.2 Å². The molecule has 5 aromatic rings. The molecule has 0 amide bonds. The second-order valence-corrected chi connectivity index (χ2v) is 9.01. The summed E-state index contributed by atoms with van der Waals surface area (Å²) in [5, 5.41) is 1.27. The summed E-state index contributed by atoms with van der Waals surface area (Å²) in [7, 11) is 0. The highest BCUT2D eigenvalue weighted by atomic mass is 32.2. The fraction of sp³-hybridized carbons (Fsp3) is 0.0741. The molecule has 4 aromatic carbocycles. The molecule has 1 atom stereocenters. The molecule has 0 radical (unpaired) electrons. The van der Waals surface area contributed by atoms with Gasteiger partial charge in [-0.25, -0.2) is 0 Å². The van der Waals surface area contributed by atoms with Gasteiger partial charge in [0.05, 0.1) is 10.8 Å². The van der Waals surface area contributed by atoms with Crippen LogP contribution in [0.2, 0.25) is 0 Å². The summed E-state index contributed by atoms with van der Waals surface area (Å²) >= 11 is -0.998. The Bertz CT molecular complexity index is 1410. The van der Waals surface area contributed by atoms with Crippen molar-refractivity contribution in [2.24, 2.45) is 0 Å². The van der Waals surface area contributed by atoms with Crippen LogP contribution in [0.4, 0.5) is 0 Å². The van der Waals surface area contributed by atoms with E-state index in [0.717, 1.165) is 16.2 Å². The number of hydrogen-bond donors (Lipinski definition) is 0. The van der Waals surface area contributed by atoms with Crippen LogP contribution in [0.15, 0.2) is 110 Å². The van der Waals surface area contributed by atoms with Gasteiger partial charge in [0.25, 0.3) is 0 Å². The van der Waals surface area contributed by atoms with E-state index in [1.165, 1.54) is 16.7 Å². The summed E-state index contributed by atoms with van der Waals surface area (Å²) < 4.78 is 18.0. The third-order valence-corrected chi connectivity index (χ3v) is 7.05. The first-order valence-electron chi connectivity index (χ1n) is 10.1. The molecule has 1 aliphatic heterocycles. The Morgan fingerprint density at radius 3 is 2.03 bits per heavy atom. The molecule has 0 saturated heterocycles. The Balaban J connectivity index is 0.000000132. The lowest BCUT2D eigenvalue weighted by atomic mass is 10.0. The van der Waals surface area contributed by atoms with Crippen molar-refractivity contribution in [1.29, 1.82) is 0 Å². The molecular weight excluding hydrogens is 404 g/mol. The maximum absolute atomic E-state index is 12.3. The molecule has 4 heteroatoms. The Labute approximate surface area is 183 Å². The van der Waals surface area contributed by atoms with Crippen LogP contribution >= 0.6 is 0 Å². The summed E-state index contributed by atoms with van der Waals surface area (Å²) in [6.07, 6.45) is 0.902. The van der Waals surface area contributed by atoms with Crippen LogP contribution in [-0.4, -0.2) is 4.55 Å². The third-order valence-electron chi connectivity index (χ3n) is 5.45. The van der Waals surface area contributed by atoms with Crippen LogP contribution in [-0.2, 0) is 17.6 Å². The van der Waals surface area contributed by atoms with Gasteiger partial charge < -0.3 is 8.97 Å². The van der Waals surface area contributed by atoms with Gasteiger partial charge in [-0.2, -0.15) is 0 Å². The predicted molar refractivity (Wildman–Crippen MR) is 125 cm³/mol. The van der Waals surface area contributed by atoms with E-state index < -0.39 is 11.2 Å². The van der Waals surface area contributed by atoms with Crippen molar-refractivity contribution in [3.8, 4) is 0 Å². The van der Waals surface area contributed by atoms with Crippen molar-refractivity contribution in [1.82, 2.24) is 0 Å². The fourth-order valence-corrected chi connectivity index (χ4v) is 5.31. The molecule has 1 aromatic heterocycles. The van der Waals surface area contributed by atoms with E-state index in [-0.39, 0.29) is 5.43 Å². The highest BCUT2D eigenvalue weighted by Crippen LogP contribution is 2.34. The second-order valence-electron chi connectivity index (χ2n) is 7.59. The Morgan fingerprint density at radius 2 is 1.32 bits per heavy atom. The number of hydrogen-bond acceptors (Lipinski definition) is 3. The molecule has 31 heavy (non-hydrogen) atoms. The number of fused-ring (bicyclic) bond motifs is 4. The van der Waals surface area contributed by atoms with Crippen molar-refractivity contribution < 1.29 is 8.97 Å². The maximum atomic E-state index is 12.3. The molecule has 3 nitrogen and oxygen atoms in total. The van der Waals surface area contributed by atoms with Crippen molar-refractivity contribution in [2.45, 2.75) is 23.1 Å². The van der Waals surface area contributed by atoms with E-state index in [0.29, 0.717) is 21.9 Å². The molecule has 0 N–H and O–H groups in total. The molecule has 0 fully saturated rings. The molecule has 0 bridgehead atoms. The molecule has 0 saturated carbocycles. The van der Waals surface area contributed by atoms with E-state index in [1.807, 2.05) is 66.7 Å². The van der Waals surface area contributed by atoms with Crippen LogP contribution in [0, 0.1) is 6.92 Å². The molecule has 152 valence electrons. The lowest BCUT2D eigenvalue weighted by Crippen LogP contribution is -2.14. The minimum atomic E-state index is -0.998. The van der Waals surface area contributed by atoms with E-state index >= 15 is 0 Å². The highest BCUT2D eigenvalue weighted by Gasteiger charge is 2.27. The van der Waals surface area contributed by atoms with Gasteiger partial charge in [0.2, 0.25) is 5.43 Å². The van der Waals surface area contributed by atoms with Gasteiger partial charge in [0, 0.05) is 28.7 Å². The molecule has 1 unspecified atom stereocenters. The minimum Gasteiger partial charge on any atom is -0.606 e. The normalized spacial score (nSPS) is 14.5. The zero-order chi connectivity index (χ0) is 21.4. The molecule has 1 aliphatic rings. The van der Waals surface area contributed by atoms with Crippen LogP contribution in [0.5, 0.6) is 0 Å². The summed E-state index contributed by atoms with van der Waals surface area (Å²) in [5.74, 6) is 0. The van der Waals surface area contributed by atoms with Crippen molar-refractivity contribution in [3.05, 3.63) is 118 Å². The molecule has 0 spiro atoms. The maximum Gasteiger partial charge on any atom is 0.200 e. The van der Waals surface area contributed by atoms with Gasteiger partial charge in [-0.1, -0.05) is 60.2 Å². The summed E-state index contributed by atoms with van der Waals surface area (Å²) in [5.41, 5.74) is 4.95. The number of para-hydroxylation sites is 2. The van der Waals surface area contributed by atoms with E-state index in [1.54, 1.807) is 12.1 Å². The Kier molecular flexibility index (Phi) is 5.10. The van der Waals surface area contributed by atoms with Crippen molar-refractivity contribution in [2.75, 3.05) is 0 Å². The largest absolute Gasteiger partial charge is 0.606 e. The Morgan fingerprint density at radius 1 is 0.742 bits per heavy atom. The number of benzene rings is 4. The average molecular weight is 425 g/mol. The smallest absolute Gasteiger partial charge is 0.200 e. The fourth-order valence-electron chi connectivity index (χ4n) is 3.93. The van der Waals surface area contributed by atoms with Crippen LogP contribution in [0.3, 0.4) is 0 Å². The van der Waals surface area contributed by atoms with Crippen LogP contribution < -0.4 is 5.43 Å². The van der Waals surface area contributed by atoms with E-state index in [2.05, 4.69) is 19.1 Å². The first kappa shape index (κ1) is 19.6. The first-order valence-corrected chi connectivity index (χ1v) is 11.3. The average Bonchev–Trinajstić information content (AvgIpc) is 2.80. The van der Waals surface area contributed by atoms with Gasteiger partial charge >= 0.3 is 0 Å². The Hall–Kier alpha value is -3.34. The van der Waals surface area contributed by atoms with Crippen LogP contribution in [0.25, 0.3) is 21.9 Å². The quantitative estimate of drug-likeness (QED) is 0.226. The molecule has 0 aliphatic carbocycles. The second kappa shape index (κ2) is 8.06. The predicted octanol–water partition coefficient (Wildman–Crippen LogP) is 6.01. The first-order chi connectivity index (χ1) is 15.1. The summed E-state index contributed by atoms with van der Waals surface area (Å²) in [6, 6.07) is 28.8. The van der Waals surface area contributed by atoms with Gasteiger partial charge in [-0.3, -0.25) is 4.79 Å². The monoisotopic (exact) mass is 424 g/mol. The van der Waals surface area contributed by atoms with Gasteiger partial charge in [-0.15, -0.1) is 0 Å². The van der Waals surface area contributed by atoms with Crippen LogP contribution in [0.1, 0.15) is 16.7 Å². The third kappa shape index (κ3) is 3.65. The SMILES string of the molecule is Cc1ccc2c(c1)Cc1ccccc1[S+]2[O-].O=c1c2ccccc2oc2ccccc12. The van der Waals surface area contributed by atoms with Gasteiger partial charge in [0.15, 0.2) is 9.79 Å². The van der Waals surface area contributed by atoms with Gasteiger partial charge in [-0.05, 0) is 43.3 Å². The molecular formula is C27H20O3S. The molecule has 6 rings (SSSR count). The number of aryl methyl sites for hydroxylation is 1. The molecule has 2 heterocycles. The summed E-state index contributed by atoms with van der Waals surface area (Å²) in [6.45, 7) is 2.07. The van der Waals surface area contributed by atoms with E-state index in [4.69, 9.17) is 4.42 Å². The van der Waals surface area contributed by atoms with Crippen molar-refractivity contribution in [3.63, 3.8) is 0 Å². The highest BCUT2D eigenvalue weighted by molar-refractivity contribution is 7.91. The zero-order valence-electron chi connectivity index (χ0n) is 17.0. The number of rotatable bonds is 0.